The molecule has 0 aromatic rings. The summed E-state index contributed by atoms with van der Waals surface area (Å²) in [5, 5.41) is 0. The number of allylic oxidation sites excluding steroid dienone is 4. The highest BCUT2D eigenvalue weighted by atomic mass is 14.6. The molecule has 0 amide bonds. The molecule has 0 N–H and O–H groups in total. The predicted molar refractivity (Wildman–Crippen MR) is 93.4 cm³/mol. The molecule has 0 spiro atoms. The maximum Gasteiger partial charge on any atom is -0.00645 e. The van der Waals surface area contributed by atoms with Gasteiger partial charge in [-0.3, -0.25) is 0 Å². The zero-order chi connectivity index (χ0) is 15.2. The number of fused-ring (bicyclic) bond motifs is 4. The minimum Gasteiger partial charge on any atom is -0.0766 e. The molecule has 0 saturated heterocycles. The zero-order valence-electron chi connectivity index (χ0n) is 14.7. The lowest BCUT2D eigenvalue weighted by molar-refractivity contribution is 0.0116. The smallest absolute Gasteiger partial charge is 0.00645 e. The highest BCUT2D eigenvalue weighted by molar-refractivity contribution is 5.29. The van der Waals surface area contributed by atoms with E-state index in [9.17, 15) is 0 Å². The Balaban J connectivity index is 1.55. The standard InChI is InChI=1S/C22H33/c1-3-4-8-17-11-13-21-20-12-10-16-7-5-6-9-18(16)19(20)14-15-22(17,21)2/h6,17,19-21H,3-4,7-15H2,1-2H3/t17-,19+,20+,21-,22+/m0/s1. The minimum atomic E-state index is 0.686. The first-order valence-corrected chi connectivity index (χ1v) is 10.00. The third-order valence-corrected chi connectivity index (χ3v) is 8.00. The summed E-state index contributed by atoms with van der Waals surface area (Å²) in [5.41, 5.74) is 4.34. The molecular formula is C22H33. The van der Waals surface area contributed by atoms with Gasteiger partial charge in [0.15, 0.2) is 0 Å². The van der Waals surface area contributed by atoms with Crippen molar-refractivity contribution in [3.8, 4) is 0 Å². The summed E-state index contributed by atoms with van der Waals surface area (Å²) < 4.78 is 0. The minimum absolute atomic E-state index is 0.686. The van der Waals surface area contributed by atoms with E-state index in [0.29, 0.717) is 5.41 Å². The maximum absolute atomic E-state index is 3.48. The summed E-state index contributed by atoms with van der Waals surface area (Å²) in [6, 6.07) is 0. The van der Waals surface area contributed by atoms with E-state index in [1.165, 1.54) is 64.2 Å². The molecule has 2 saturated carbocycles. The number of hydrogen-bond donors (Lipinski definition) is 0. The molecule has 2 fully saturated rings. The molecule has 4 aliphatic carbocycles. The van der Waals surface area contributed by atoms with Crippen LogP contribution in [0.1, 0.15) is 84.5 Å². The van der Waals surface area contributed by atoms with Crippen LogP contribution >= 0.6 is 0 Å². The van der Waals surface area contributed by atoms with Crippen LogP contribution in [0.25, 0.3) is 0 Å². The summed E-state index contributed by atoms with van der Waals surface area (Å²) in [7, 11) is 0. The van der Waals surface area contributed by atoms with Crippen molar-refractivity contribution in [1.82, 2.24) is 0 Å². The van der Waals surface area contributed by atoms with Gasteiger partial charge in [0, 0.05) is 0 Å². The van der Waals surface area contributed by atoms with Crippen LogP contribution in [-0.4, -0.2) is 0 Å². The molecule has 0 bridgehead atoms. The van der Waals surface area contributed by atoms with Gasteiger partial charge in [-0.05, 0) is 93.0 Å². The zero-order valence-corrected chi connectivity index (χ0v) is 14.7. The fraction of sp³-hybridized carbons (Fsp3) is 0.818. The van der Waals surface area contributed by atoms with Gasteiger partial charge in [0.25, 0.3) is 0 Å². The van der Waals surface area contributed by atoms with Gasteiger partial charge in [-0.1, -0.05) is 43.9 Å². The Bertz CT molecular complexity index is 482. The average Bonchev–Trinajstić information content (AvgIpc) is 2.89. The van der Waals surface area contributed by atoms with Gasteiger partial charge < -0.3 is 0 Å². The fourth-order valence-corrected chi connectivity index (χ4v) is 6.79. The molecule has 0 aromatic carbocycles. The Hall–Kier alpha value is -0.520. The quantitative estimate of drug-likeness (QED) is 0.523. The van der Waals surface area contributed by atoms with Gasteiger partial charge in [-0.25, -0.2) is 0 Å². The molecule has 0 heteroatoms. The van der Waals surface area contributed by atoms with Crippen LogP contribution in [0.5, 0.6) is 0 Å². The van der Waals surface area contributed by atoms with E-state index in [0.717, 1.165) is 30.1 Å². The molecule has 0 aliphatic heterocycles. The van der Waals surface area contributed by atoms with Gasteiger partial charge in [0.1, 0.15) is 0 Å². The van der Waals surface area contributed by atoms with E-state index in [4.69, 9.17) is 0 Å². The number of rotatable bonds is 3. The lowest BCUT2D eigenvalue weighted by Gasteiger charge is -2.52. The van der Waals surface area contributed by atoms with E-state index in [1.807, 2.05) is 5.57 Å². The first-order chi connectivity index (χ1) is 10.7. The Kier molecular flexibility index (Phi) is 3.99. The SMILES string of the molecule is CCCC[C@H]1CC[C@H]2[C@@H]3CCC4=C(CC=[C]C4)[C@H]3CC[C@]12C. The fourth-order valence-electron chi connectivity index (χ4n) is 6.79. The van der Waals surface area contributed by atoms with Crippen LogP contribution in [0.15, 0.2) is 17.2 Å². The van der Waals surface area contributed by atoms with E-state index in [-0.39, 0.29) is 0 Å². The van der Waals surface area contributed by atoms with Crippen LogP contribution in [-0.2, 0) is 0 Å². The second kappa shape index (κ2) is 5.84. The van der Waals surface area contributed by atoms with Crippen molar-refractivity contribution in [1.29, 1.82) is 0 Å². The summed E-state index contributed by atoms with van der Waals surface area (Å²) in [6.45, 7) is 5.04. The van der Waals surface area contributed by atoms with Crippen LogP contribution in [0.2, 0.25) is 0 Å². The Morgan fingerprint density at radius 1 is 1.23 bits per heavy atom. The monoisotopic (exact) mass is 297 g/mol. The van der Waals surface area contributed by atoms with Crippen molar-refractivity contribution in [2.24, 2.45) is 29.1 Å². The lowest BCUT2D eigenvalue weighted by Crippen LogP contribution is -2.43. The third kappa shape index (κ3) is 2.24. The summed E-state index contributed by atoms with van der Waals surface area (Å²) >= 11 is 0. The van der Waals surface area contributed by atoms with Crippen LogP contribution in [0.4, 0.5) is 0 Å². The van der Waals surface area contributed by atoms with Crippen molar-refractivity contribution in [3.63, 3.8) is 0 Å². The average molecular weight is 298 g/mol. The molecule has 22 heavy (non-hydrogen) atoms. The molecule has 0 nitrogen and oxygen atoms in total. The third-order valence-electron chi connectivity index (χ3n) is 8.00. The molecule has 5 atom stereocenters. The van der Waals surface area contributed by atoms with Crippen LogP contribution in [0, 0.1) is 35.2 Å². The Labute approximate surface area is 137 Å². The first kappa shape index (κ1) is 15.0. The molecule has 121 valence electrons. The molecule has 4 aliphatic rings. The Morgan fingerprint density at radius 3 is 3.00 bits per heavy atom. The first-order valence-electron chi connectivity index (χ1n) is 10.00. The summed E-state index contributed by atoms with van der Waals surface area (Å²) in [4.78, 5) is 0. The van der Waals surface area contributed by atoms with Gasteiger partial charge in [0.05, 0.1) is 0 Å². The maximum atomic E-state index is 3.48. The van der Waals surface area contributed by atoms with E-state index >= 15 is 0 Å². The molecule has 0 unspecified atom stereocenters. The van der Waals surface area contributed by atoms with Gasteiger partial charge in [-0.2, -0.15) is 0 Å². The summed E-state index contributed by atoms with van der Waals surface area (Å²) in [6.07, 6.45) is 21.5. The lowest BCUT2D eigenvalue weighted by atomic mass is 9.53. The second-order valence-corrected chi connectivity index (χ2v) is 8.79. The predicted octanol–water partition coefficient (Wildman–Crippen LogP) is 6.48. The van der Waals surface area contributed by atoms with Gasteiger partial charge >= 0.3 is 0 Å². The van der Waals surface area contributed by atoms with E-state index in [2.05, 4.69) is 26.0 Å². The number of unbranched alkanes of at least 4 members (excludes halogenated alkanes) is 1. The number of hydrogen-bond acceptors (Lipinski definition) is 0. The Morgan fingerprint density at radius 2 is 2.14 bits per heavy atom. The van der Waals surface area contributed by atoms with Crippen molar-refractivity contribution in [2.75, 3.05) is 0 Å². The van der Waals surface area contributed by atoms with Gasteiger partial charge in [0.2, 0.25) is 0 Å². The molecular weight excluding hydrogens is 264 g/mol. The van der Waals surface area contributed by atoms with Crippen LogP contribution in [0.3, 0.4) is 0 Å². The van der Waals surface area contributed by atoms with Crippen molar-refractivity contribution in [2.45, 2.75) is 84.5 Å². The van der Waals surface area contributed by atoms with Crippen molar-refractivity contribution < 1.29 is 0 Å². The van der Waals surface area contributed by atoms with Crippen molar-refractivity contribution in [3.05, 3.63) is 23.3 Å². The summed E-state index contributed by atoms with van der Waals surface area (Å²) in [5.74, 6) is 4.05. The van der Waals surface area contributed by atoms with Crippen LogP contribution < -0.4 is 0 Å². The topological polar surface area (TPSA) is 0 Å². The molecule has 0 aromatic heterocycles. The second-order valence-electron chi connectivity index (χ2n) is 8.79. The molecule has 1 radical (unpaired) electrons. The normalized spacial score (nSPS) is 43.7. The van der Waals surface area contributed by atoms with E-state index < -0.39 is 0 Å². The largest absolute Gasteiger partial charge is 0.0766 e. The van der Waals surface area contributed by atoms with Crippen molar-refractivity contribution >= 4 is 0 Å². The molecule has 0 heterocycles. The highest BCUT2D eigenvalue weighted by Crippen LogP contribution is 2.63. The van der Waals surface area contributed by atoms with E-state index in [1.54, 1.807) is 5.57 Å². The van der Waals surface area contributed by atoms with Gasteiger partial charge in [-0.15, -0.1) is 0 Å². The highest BCUT2D eigenvalue weighted by Gasteiger charge is 2.54. The molecule has 4 rings (SSSR count).